The van der Waals surface area contributed by atoms with E-state index >= 15 is 17.6 Å². The number of alkyl halides is 3. The fraction of sp³-hybridized carbons (Fsp3) is 0.441. The number of benzene rings is 2. The Balaban J connectivity index is 1.48. The Labute approximate surface area is 245 Å². The predicted octanol–water partition coefficient (Wildman–Crippen LogP) is 8.29. The minimum Gasteiger partial charge on any atom is -0.450 e. The van der Waals surface area contributed by atoms with Crippen molar-refractivity contribution in [3.05, 3.63) is 83.2 Å². The molecule has 0 radical (unpaired) electrons. The lowest BCUT2D eigenvalue weighted by molar-refractivity contribution is -0.196. The van der Waals surface area contributed by atoms with Crippen molar-refractivity contribution in [2.45, 2.75) is 96.7 Å². The molecule has 3 atom stereocenters. The number of nitrogens with zero attached hydrogens (tertiary/aromatic N) is 2. The van der Waals surface area contributed by atoms with E-state index in [9.17, 15) is 4.79 Å². The highest BCUT2D eigenvalue weighted by Gasteiger charge is 2.83. The summed E-state index contributed by atoms with van der Waals surface area (Å²) in [6, 6.07) is 14.2. The third kappa shape index (κ3) is 4.04. The number of Topliss-reactive ketones (excluding diaryl/α,β-unsaturated/α-hetero) is 1. The third-order valence-electron chi connectivity index (χ3n) is 8.46. The molecule has 0 spiro atoms. The molecular formula is C34H38F4N2O2. The van der Waals surface area contributed by atoms with Gasteiger partial charge >= 0.3 is 5.85 Å². The molecule has 2 aliphatic carbocycles. The maximum absolute atomic E-state index is 16.5. The average molecular weight is 583 g/mol. The normalized spacial score (nSPS) is 26.7. The average Bonchev–Trinajstić information content (AvgIpc) is 3.28. The first-order chi connectivity index (χ1) is 19.6. The quantitative estimate of drug-likeness (QED) is 0.293. The van der Waals surface area contributed by atoms with Crippen molar-refractivity contribution in [3.8, 4) is 0 Å². The van der Waals surface area contributed by atoms with Gasteiger partial charge in [-0.25, -0.2) is 13.2 Å². The van der Waals surface area contributed by atoms with Gasteiger partial charge in [0.05, 0.1) is 5.57 Å². The van der Waals surface area contributed by atoms with Crippen LogP contribution < -0.4 is 9.80 Å². The van der Waals surface area contributed by atoms with E-state index in [4.69, 9.17) is 4.74 Å². The van der Waals surface area contributed by atoms with Crippen molar-refractivity contribution in [2.75, 3.05) is 9.80 Å². The topological polar surface area (TPSA) is 32.8 Å². The molecule has 0 saturated carbocycles. The Morgan fingerprint density at radius 2 is 1.12 bits per heavy atom. The summed E-state index contributed by atoms with van der Waals surface area (Å²) in [4.78, 5) is 17.4. The second-order valence-electron chi connectivity index (χ2n) is 12.5. The largest absolute Gasteiger partial charge is 0.450 e. The number of hydrogen-bond acceptors (Lipinski definition) is 4. The van der Waals surface area contributed by atoms with Crippen LogP contribution in [0.15, 0.2) is 72.1 Å². The number of allylic oxidation sites excluding steroid dienone is 2. The Kier molecular flexibility index (Phi) is 7.14. The molecule has 0 fully saturated rings. The third-order valence-corrected chi connectivity index (χ3v) is 8.46. The number of rotatable bonds is 8. The Bertz CT molecular complexity index is 1480. The Hall–Kier alpha value is -3.55. The summed E-state index contributed by atoms with van der Waals surface area (Å²) in [7, 11) is 0. The second-order valence-corrected chi connectivity index (χ2v) is 12.5. The smallest absolute Gasteiger partial charge is 0.318 e. The summed E-state index contributed by atoms with van der Waals surface area (Å²) < 4.78 is 70.3. The molecule has 0 aromatic heterocycles. The van der Waals surface area contributed by atoms with E-state index < -0.39 is 39.9 Å². The maximum atomic E-state index is 16.5. The van der Waals surface area contributed by atoms with Gasteiger partial charge in [-0.3, -0.25) is 4.79 Å². The monoisotopic (exact) mass is 582 g/mol. The first kappa shape index (κ1) is 29.9. The van der Waals surface area contributed by atoms with Gasteiger partial charge in [-0.05, 0) is 110 Å². The van der Waals surface area contributed by atoms with Crippen LogP contribution in [0.2, 0.25) is 0 Å². The highest BCUT2D eigenvalue weighted by Crippen LogP contribution is 2.66. The first-order valence-corrected chi connectivity index (χ1v) is 14.5. The number of anilines is 2. The van der Waals surface area contributed by atoms with E-state index in [0.717, 1.165) is 23.5 Å². The van der Waals surface area contributed by atoms with Gasteiger partial charge in [0.1, 0.15) is 5.76 Å². The number of hydrogen-bond donors (Lipinski definition) is 0. The highest BCUT2D eigenvalue weighted by atomic mass is 19.2. The van der Waals surface area contributed by atoms with Crippen molar-refractivity contribution in [1.29, 1.82) is 0 Å². The summed E-state index contributed by atoms with van der Waals surface area (Å²) in [5, 5.41) is 0. The van der Waals surface area contributed by atoms with Crippen LogP contribution in [0.25, 0.3) is 11.3 Å². The summed E-state index contributed by atoms with van der Waals surface area (Å²) >= 11 is 0. The standard InChI is InChI=1S/C34H38F4N2O2/c1-19(2)39(20(3)4)25-13-9-23(10-14-25)28-18-32(36)33(28,37)31(41)30(35)27-17-29(42-34(27,32)38)24-11-15-26(16-12-24)40(21(5)6)22(7)8/h9-22H,1-8H3/t32-,33-,34-/m0/s1. The van der Waals surface area contributed by atoms with Crippen molar-refractivity contribution >= 4 is 28.5 Å². The number of fused-ring (bicyclic) bond motifs is 3. The van der Waals surface area contributed by atoms with E-state index in [1.54, 1.807) is 36.4 Å². The van der Waals surface area contributed by atoms with Gasteiger partial charge in [0, 0.05) is 46.7 Å². The van der Waals surface area contributed by atoms with Crippen LogP contribution in [-0.2, 0) is 9.53 Å². The number of carbonyl (C=O) groups excluding carboxylic acids is 1. The minimum absolute atomic E-state index is 0.164. The molecular weight excluding hydrogens is 544 g/mol. The molecule has 3 aliphatic rings. The summed E-state index contributed by atoms with van der Waals surface area (Å²) in [6.45, 7) is 16.4. The van der Waals surface area contributed by atoms with E-state index in [1.165, 1.54) is 12.1 Å². The molecule has 2 aromatic carbocycles. The lowest BCUT2D eigenvalue weighted by Crippen LogP contribution is -2.72. The van der Waals surface area contributed by atoms with Crippen molar-refractivity contribution < 1.29 is 27.1 Å². The molecule has 1 aliphatic heterocycles. The zero-order valence-electron chi connectivity index (χ0n) is 25.3. The molecule has 0 N–H and O–H groups in total. The van der Waals surface area contributed by atoms with Gasteiger partial charge in [-0.15, -0.1) is 0 Å². The van der Waals surface area contributed by atoms with Gasteiger partial charge in [-0.2, -0.15) is 4.39 Å². The van der Waals surface area contributed by atoms with Crippen LogP contribution in [0.3, 0.4) is 0 Å². The number of carbonyl (C=O) groups is 1. The Morgan fingerprint density at radius 3 is 1.55 bits per heavy atom. The predicted molar refractivity (Wildman–Crippen MR) is 160 cm³/mol. The molecule has 0 bridgehead atoms. The Morgan fingerprint density at radius 1 is 0.690 bits per heavy atom. The van der Waals surface area contributed by atoms with E-state index in [1.807, 2.05) is 27.7 Å². The van der Waals surface area contributed by atoms with Gasteiger partial charge in [0.15, 0.2) is 5.83 Å². The molecule has 2 aromatic rings. The molecule has 1 heterocycles. The fourth-order valence-corrected chi connectivity index (χ4v) is 6.75. The van der Waals surface area contributed by atoms with Gasteiger partial charge < -0.3 is 14.5 Å². The van der Waals surface area contributed by atoms with E-state index in [-0.39, 0.29) is 35.5 Å². The van der Waals surface area contributed by atoms with Crippen molar-refractivity contribution in [1.82, 2.24) is 0 Å². The van der Waals surface area contributed by atoms with Crippen LogP contribution >= 0.6 is 0 Å². The summed E-state index contributed by atoms with van der Waals surface area (Å²) in [5.74, 6) is -7.16. The fourth-order valence-electron chi connectivity index (χ4n) is 6.75. The SMILES string of the molecule is CC(C)N(c1ccc(C2=CC3=C(F)C(=O)[C@@]4(F)C(c5ccc(N(C(C)C)C(C)C)cc5)=C[C@@]4(F)[C@@]3(F)O2)cc1)C(C)C. The number of halogens is 4. The zero-order valence-corrected chi connectivity index (χ0v) is 25.3. The lowest BCUT2D eigenvalue weighted by Gasteiger charge is -2.52. The molecule has 42 heavy (non-hydrogen) atoms. The molecule has 0 amide bonds. The first-order valence-electron chi connectivity index (χ1n) is 14.5. The lowest BCUT2D eigenvalue weighted by atomic mass is 9.57. The maximum Gasteiger partial charge on any atom is 0.318 e. The van der Waals surface area contributed by atoms with Crippen LogP contribution in [0.5, 0.6) is 0 Å². The van der Waals surface area contributed by atoms with Crippen LogP contribution in [0.1, 0.15) is 66.5 Å². The van der Waals surface area contributed by atoms with E-state index in [0.29, 0.717) is 5.56 Å². The van der Waals surface area contributed by atoms with Crippen molar-refractivity contribution in [2.24, 2.45) is 0 Å². The minimum atomic E-state index is -3.59. The van der Waals surface area contributed by atoms with Gasteiger partial charge in [0.2, 0.25) is 17.1 Å². The summed E-state index contributed by atoms with van der Waals surface area (Å²) in [5.41, 5.74) is -6.24. The zero-order chi connectivity index (χ0) is 30.9. The molecule has 0 saturated heterocycles. The van der Waals surface area contributed by atoms with Crippen LogP contribution in [0, 0.1) is 0 Å². The molecule has 5 rings (SSSR count). The number of ether oxygens (including phenoxy) is 1. The molecule has 8 heteroatoms. The molecule has 224 valence electrons. The molecule has 4 nitrogen and oxygen atoms in total. The van der Waals surface area contributed by atoms with Gasteiger partial charge in [-0.1, -0.05) is 12.1 Å². The van der Waals surface area contributed by atoms with Crippen LogP contribution in [-0.4, -0.2) is 47.1 Å². The van der Waals surface area contributed by atoms with E-state index in [2.05, 4.69) is 37.5 Å². The second kappa shape index (κ2) is 10.0. The van der Waals surface area contributed by atoms with Crippen molar-refractivity contribution in [3.63, 3.8) is 0 Å². The highest BCUT2D eigenvalue weighted by molar-refractivity contribution is 6.17. The molecule has 0 unspecified atom stereocenters. The summed E-state index contributed by atoms with van der Waals surface area (Å²) in [6.07, 6.45) is 1.68. The van der Waals surface area contributed by atoms with Crippen LogP contribution in [0.4, 0.5) is 28.9 Å². The number of ketones is 1. The van der Waals surface area contributed by atoms with Gasteiger partial charge in [0.25, 0.3) is 0 Å².